The summed E-state index contributed by atoms with van der Waals surface area (Å²) in [7, 11) is 0. The number of carbonyl (C=O) groups is 1. The van der Waals surface area contributed by atoms with E-state index in [2.05, 4.69) is 10.6 Å². The van der Waals surface area contributed by atoms with Gasteiger partial charge in [0.25, 0.3) is 0 Å². The van der Waals surface area contributed by atoms with Crippen molar-refractivity contribution in [3.05, 3.63) is 59.4 Å². The third kappa shape index (κ3) is 3.75. The number of hydrogen-bond donors (Lipinski definition) is 2. The number of hydrogen-bond acceptors (Lipinski definition) is 2. The summed E-state index contributed by atoms with van der Waals surface area (Å²) in [6.45, 7) is 1.65. The van der Waals surface area contributed by atoms with Crippen LogP contribution in [0, 0.1) is 24.4 Å². The normalized spacial score (nSPS) is 10.3. The molecule has 0 aromatic heterocycles. The van der Waals surface area contributed by atoms with E-state index >= 15 is 0 Å². The van der Waals surface area contributed by atoms with E-state index in [1.807, 2.05) is 19.1 Å². The lowest BCUT2D eigenvalue weighted by atomic mass is 10.2. The van der Waals surface area contributed by atoms with Crippen LogP contribution in [0.4, 0.5) is 24.5 Å². The highest BCUT2D eigenvalue weighted by atomic mass is 19.2. The largest absolute Gasteiger partial charge is 0.376 e. The van der Waals surface area contributed by atoms with Gasteiger partial charge >= 0.3 is 0 Å². The van der Waals surface area contributed by atoms with Crippen molar-refractivity contribution in [3.8, 4) is 0 Å². The summed E-state index contributed by atoms with van der Waals surface area (Å²) in [4.78, 5) is 11.7. The van der Waals surface area contributed by atoms with Crippen LogP contribution in [0.3, 0.4) is 0 Å². The van der Waals surface area contributed by atoms with E-state index < -0.39 is 17.5 Å². The molecule has 0 heterocycles. The predicted molar refractivity (Wildman–Crippen MR) is 74.6 cm³/mol. The monoisotopic (exact) mass is 294 g/mol. The number of halogens is 3. The second-order valence-corrected chi connectivity index (χ2v) is 4.47. The van der Waals surface area contributed by atoms with Crippen molar-refractivity contribution in [3.63, 3.8) is 0 Å². The Hall–Kier alpha value is -2.50. The van der Waals surface area contributed by atoms with Crippen LogP contribution in [0.15, 0.2) is 36.4 Å². The zero-order valence-corrected chi connectivity index (χ0v) is 11.2. The molecule has 2 aromatic carbocycles. The highest BCUT2D eigenvalue weighted by Crippen LogP contribution is 2.17. The smallest absolute Gasteiger partial charge is 0.243 e. The molecule has 1 amide bonds. The summed E-state index contributed by atoms with van der Waals surface area (Å²) >= 11 is 0. The van der Waals surface area contributed by atoms with Crippen molar-refractivity contribution in [1.29, 1.82) is 0 Å². The van der Waals surface area contributed by atoms with Gasteiger partial charge in [0.05, 0.1) is 6.54 Å². The van der Waals surface area contributed by atoms with Crippen LogP contribution in [0.5, 0.6) is 0 Å². The van der Waals surface area contributed by atoms with Crippen molar-refractivity contribution in [2.45, 2.75) is 6.92 Å². The number of benzene rings is 2. The average molecular weight is 294 g/mol. The lowest BCUT2D eigenvalue weighted by molar-refractivity contribution is -0.114. The minimum atomic E-state index is -1.54. The molecule has 0 spiro atoms. The zero-order valence-electron chi connectivity index (χ0n) is 11.2. The maximum Gasteiger partial charge on any atom is 0.243 e. The molecule has 0 unspecified atom stereocenters. The molecular formula is C15H13F3N2O. The molecule has 0 aliphatic rings. The zero-order chi connectivity index (χ0) is 15.4. The summed E-state index contributed by atoms with van der Waals surface area (Å²) in [5.74, 6) is -4.53. The summed E-state index contributed by atoms with van der Waals surface area (Å²) < 4.78 is 38.8. The fourth-order valence-electron chi connectivity index (χ4n) is 1.75. The van der Waals surface area contributed by atoms with E-state index in [0.29, 0.717) is 5.69 Å². The lowest BCUT2D eigenvalue weighted by Gasteiger charge is -2.10. The third-order valence-corrected chi connectivity index (χ3v) is 2.86. The highest BCUT2D eigenvalue weighted by Gasteiger charge is 2.11. The van der Waals surface area contributed by atoms with Gasteiger partial charge in [0.2, 0.25) is 5.91 Å². The molecule has 2 rings (SSSR count). The van der Waals surface area contributed by atoms with E-state index in [0.717, 1.165) is 17.7 Å². The summed E-state index contributed by atoms with van der Waals surface area (Å²) in [5, 5.41) is 5.19. The second kappa shape index (κ2) is 6.30. The van der Waals surface area contributed by atoms with Crippen molar-refractivity contribution in [1.82, 2.24) is 0 Å². The van der Waals surface area contributed by atoms with Gasteiger partial charge in [0.15, 0.2) is 17.5 Å². The maximum atomic E-state index is 13.0. The fraction of sp³-hybridized carbons (Fsp3) is 0.133. The molecule has 0 atom stereocenters. The molecule has 110 valence electrons. The van der Waals surface area contributed by atoms with Gasteiger partial charge in [0.1, 0.15) is 0 Å². The minimum Gasteiger partial charge on any atom is -0.376 e. The van der Waals surface area contributed by atoms with Crippen molar-refractivity contribution in [2.24, 2.45) is 0 Å². The number of nitrogens with one attached hydrogen (secondary N) is 2. The molecule has 0 fully saturated rings. The van der Waals surface area contributed by atoms with E-state index in [-0.39, 0.29) is 18.1 Å². The molecular weight excluding hydrogens is 281 g/mol. The first-order valence-corrected chi connectivity index (χ1v) is 6.21. The number of anilines is 2. The summed E-state index contributed by atoms with van der Waals surface area (Å²) in [6, 6.07) is 8.78. The van der Waals surface area contributed by atoms with Gasteiger partial charge in [-0.1, -0.05) is 18.2 Å². The molecule has 2 aromatic rings. The Morgan fingerprint density at radius 1 is 1.10 bits per heavy atom. The molecule has 0 aliphatic carbocycles. The van der Waals surface area contributed by atoms with E-state index in [9.17, 15) is 18.0 Å². The van der Waals surface area contributed by atoms with Gasteiger partial charge in [-0.2, -0.15) is 0 Å². The Morgan fingerprint density at radius 3 is 2.33 bits per heavy atom. The SMILES string of the molecule is Cc1ccccc1NC(=O)CNc1cc(F)c(F)c(F)c1. The van der Waals surface area contributed by atoms with Gasteiger partial charge in [-0.05, 0) is 18.6 Å². The van der Waals surface area contributed by atoms with Crippen molar-refractivity contribution >= 4 is 17.3 Å². The van der Waals surface area contributed by atoms with Gasteiger partial charge < -0.3 is 10.6 Å². The van der Waals surface area contributed by atoms with E-state index in [1.165, 1.54) is 0 Å². The maximum absolute atomic E-state index is 13.0. The third-order valence-electron chi connectivity index (χ3n) is 2.86. The van der Waals surface area contributed by atoms with Gasteiger partial charge in [-0.25, -0.2) is 13.2 Å². The predicted octanol–water partition coefficient (Wildman–Crippen LogP) is 3.46. The first kappa shape index (κ1) is 14.9. The van der Waals surface area contributed by atoms with Crippen LogP contribution in [-0.2, 0) is 4.79 Å². The average Bonchev–Trinajstić information content (AvgIpc) is 2.45. The van der Waals surface area contributed by atoms with E-state index in [1.54, 1.807) is 12.1 Å². The molecule has 0 radical (unpaired) electrons. The minimum absolute atomic E-state index is 0.00802. The standard InChI is InChI=1S/C15H13F3N2O/c1-9-4-2-3-5-13(9)20-14(21)8-19-10-6-11(16)15(18)12(17)7-10/h2-7,19H,8H2,1H3,(H,20,21). The molecule has 0 bridgehead atoms. The molecule has 0 saturated carbocycles. The molecule has 3 nitrogen and oxygen atoms in total. The highest BCUT2D eigenvalue weighted by molar-refractivity contribution is 5.94. The molecule has 0 saturated heterocycles. The van der Waals surface area contributed by atoms with Crippen LogP contribution in [0.1, 0.15) is 5.56 Å². The van der Waals surface area contributed by atoms with E-state index in [4.69, 9.17) is 0 Å². The fourth-order valence-corrected chi connectivity index (χ4v) is 1.75. The summed E-state index contributed by atoms with van der Waals surface area (Å²) in [6.07, 6.45) is 0. The van der Waals surface area contributed by atoms with Crippen molar-refractivity contribution in [2.75, 3.05) is 17.2 Å². The van der Waals surface area contributed by atoms with Crippen LogP contribution in [-0.4, -0.2) is 12.5 Å². The Bertz CT molecular complexity index is 651. The summed E-state index contributed by atoms with van der Waals surface area (Å²) in [5.41, 5.74) is 1.54. The number of amides is 1. The van der Waals surface area contributed by atoms with Crippen LogP contribution >= 0.6 is 0 Å². The Kier molecular flexibility index (Phi) is 4.47. The molecule has 6 heteroatoms. The van der Waals surface area contributed by atoms with Gasteiger partial charge in [0, 0.05) is 23.5 Å². The quantitative estimate of drug-likeness (QED) is 0.848. The van der Waals surface area contributed by atoms with Crippen LogP contribution in [0.2, 0.25) is 0 Å². The number of carbonyl (C=O) groups excluding carboxylic acids is 1. The Morgan fingerprint density at radius 2 is 1.71 bits per heavy atom. The van der Waals surface area contributed by atoms with Crippen LogP contribution in [0.25, 0.3) is 0 Å². The lowest BCUT2D eigenvalue weighted by Crippen LogP contribution is -2.22. The Balaban J connectivity index is 1.97. The topological polar surface area (TPSA) is 41.1 Å². The Labute approximate surface area is 119 Å². The second-order valence-electron chi connectivity index (χ2n) is 4.47. The van der Waals surface area contributed by atoms with Gasteiger partial charge in [-0.3, -0.25) is 4.79 Å². The molecule has 21 heavy (non-hydrogen) atoms. The number of para-hydroxylation sites is 1. The first-order chi connectivity index (χ1) is 9.97. The van der Waals surface area contributed by atoms with Crippen molar-refractivity contribution < 1.29 is 18.0 Å². The number of rotatable bonds is 4. The number of aryl methyl sites for hydroxylation is 1. The van der Waals surface area contributed by atoms with Gasteiger partial charge in [-0.15, -0.1) is 0 Å². The first-order valence-electron chi connectivity index (χ1n) is 6.21. The molecule has 0 aliphatic heterocycles. The molecule has 2 N–H and O–H groups in total. The van der Waals surface area contributed by atoms with Crippen LogP contribution < -0.4 is 10.6 Å².